The van der Waals surface area contributed by atoms with Gasteiger partial charge in [-0.3, -0.25) is 0 Å². The largest absolute Gasteiger partial charge is 0.245 e. The minimum Gasteiger partial charge on any atom is -0.245 e. The van der Waals surface area contributed by atoms with Gasteiger partial charge < -0.3 is 0 Å². The molecular weight excluding hydrogens is 178 g/mol. The molecule has 0 N–H and O–H groups in total. The molecule has 1 nitrogen and oxygen atoms in total. The van der Waals surface area contributed by atoms with Gasteiger partial charge in [0.05, 0.1) is 0 Å². The average Bonchev–Trinajstić information content (AvgIpc) is 2.56. The average molecular weight is 189 g/mol. The summed E-state index contributed by atoms with van der Waals surface area (Å²) < 4.78 is 0. The minimum atomic E-state index is 1.11. The molecule has 66 valence electrons. The van der Waals surface area contributed by atoms with Crippen LogP contribution < -0.4 is 0 Å². The highest BCUT2D eigenvalue weighted by Crippen LogP contribution is 2.25. The molecule has 0 spiro atoms. The Hall–Kier alpha value is -1.15. The summed E-state index contributed by atoms with van der Waals surface area (Å²) in [7, 11) is 0. The van der Waals surface area contributed by atoms with Crippen LogP contribution in [0, 0.1) is 13.8 Å². The van der Waals surface area contributed by atoms with Crippen LogP contribution in [0.15, 0.2) is 29.8 Å². The molecule has 13 heavy (non-hydrogen) atoms. The molecule has 1 heterocycles. The van der Waals surface area contributed by atoms with Crippen molar-refractivity contribution in [2.75, 3.05) is 0 Å². The normalized spacial score (nSPS) is 10.3. The van der Waals surface area contributed by atoms with Gasteiger partial charge in [0.15, 0.2) is 0 Å². The Bertz CT molecular complexity index is 404. The first-order valence-corrected chi connectivity index (χ1v) is 5.12. The maximum atomic E-state index is 4.30. The Morgan fingerprint density at radius 1 is 1.23 bits per heavy atom. The summed E-state index contributed by atoms with van der Waals surface area (Å²) in [5.41, 5.74) is 3.85. The summed E-state index contributed by atoms with van der Waals surface area (Å²) in [5, 5.41) is 3.12. The first kappa shape index (κ1) is 8.45. The molecule has 1 aromatic heterocycles. The summed E-state index contributed by atoms with van der Waals surface area (Å²) in [6, 6.07) is 6.46. The first-order chi connectivity index (χ1) is 6.27. The summed E-state index contributed by atoms with van der Waals surface area (Å²) in [5.74, 6) is 0. The molecule has 1 aromatic carbocycles. The molecule has 0 amide bonds. The van der Waals surface area contributed by atoms with E-state index in [1.807, 2.05) is 11.6 Å². The zero-order valence-corrected chi connectivity index (χ0v) is 8.56. The second-order valence-corrected chi connectivity index (χ2v) is 4.05. The number of aryl methyl sites for hydroxylation is 2. The maximum absolute atomic E-state index is 4.30. The van der Waals surface area contributed by atoms with Crippen LogP contribution in [0.1, 0.15) is 11.1 Å². The summed E-state index contributed by atoms with van der Waals surface area (Å²) in [6.45, 7) is 4.24. The fourth-order valence-electron chi connectivity index (χ4n) is 1.41. The zero-order valence-electron chi connectivity index (χ0n) is 7.74. The van der Waals surface area contributed by atoms with Gasteiger partial charge in [-0.05, 0) is 19.4 Å². The predicted octanol–water partition coefficient (Wildman–Crippen LogP) is 3.43. The van der Waals surface area contributed by atoms with E-state index < -0.39 is 0 Å². The quantitative estimate of drug-likeness (QED) is 0.669. The van der Waals surface area contributed by atoms with E-state index in [4.69, 9.17) is 0 Å². The molecule has 0 atom stereocenters. The van der Waals surface area contributed by atoms with Crippen molar-refractivity contribution in [2.45, 2.75) is 13.8 Å². The molecule has 0 bridgehead atoms. The van der Waals surface area contributed by atoms with Crippen molar-refractivity contribution < 1.29 is 0 Å². The molecule has 2 heteroatoms. The van der Waals surface area contributed by atoms with Crippen molar-refractivity contribution >= 4 is 11.3 Å². The SMILES string of the molecule is Cc1ccc(-c2nccs2)c(C)c1. The Morgan fingerprint density at radius 3 is 2.69 bits per heavy atom. The lowest BCUT2D eigenvalue weighted by molar-refractivity contribution is 1.35. The molecule has 2 rings (SSSR count). The molecule has 0 aliphatic rings. The van der Waals surface area contributed by atoms with Gasteiger partial charge in [-0.2, -0.15) is 0 Å². The van der Waals surface area contributed by atoms with E-state index >= 15 is 0 Å². The Morgan fingerprint density at radius 2 is 2.08 bits per heavy atom. The van der Waals surface area contributed by atoms with Crippen LogP contribution in [0.4, 0.5) is 0 Å². The second-order valence-electron chi connectivity index (χ2n) is 3.16. The molecule has 0 aliphatic heterocycles. The fourth-order valence-corrected chi connectivity index (χ4v) is 2.14. The van der Waals surface area contributed by atoms with Crippen LogP contribution in [0.5, 0.6) is 0 Å². The van der Waals surface area contributed by atoms with Gasteiger partial charge >= 0.3 is 0 Å². The van der Waals surface area contributed by atoms with E-state index in [1.54, 1.807) is 11.3 Å². The number of hydrogen-bond donors (Lipinski definition) is 0. The first-order valence-electron chi connectivity index (χ1n) is 4.24. The summed E-state index contributed by atoms with van der Waals surface area (Å²) in [4.78, 5) is 4.30. The van der Waals surface area contributed by atoms with Crippen molar-refractivity contribution in [2.24, 2.45) is 0 Å². The number of rotatable bonds is 1. The number of hydrogen-bond acceptors (Lipinski definition) is 2. The Kier molecular flexibility index (Phi) is 2.15. The third-order valence-electron chi connectivity index (χ3n) is 2.04. The number of nitrogens with zero attached hydrogens (tertiary/aromatic N) is 1. The van der Waals surface area contributed by atoms with E-state index in [-0.39, 0.29) is 0 Å². The summed E-state index contributed by atoms with van der Waals surface area (Å²) >= 11 is 1.68. The van der Waals surface area contributed by atoms with E-state index in [2.05, 4.69) is 37.0 Å². The third kappa shape index (κ3) is 1.63. The van der Waals surface area contributed by atoms with Crippen molar-refractivity contribution in [3.63, 3.8) is 0 Å². The van der Waals surface area contributed by atoms with Gasteiger partial charge in [-0.1, -0.05) is 23.8 Å². The van der Waals surface area contributed by atoms with Crippen LogP contribution in [0.2, 0.25) is 0 Å². The third-order valence-corrected chi connectivity index (χ3v) is 2.85. The number of thiazole rings is 1. The fraction of sp³-hybridized carbons (Fsp3) is 0.182. The Balaban J connectivity index is 2.53. The van der Waals surface area contributed by atoms with Crippen molar-refractivity contribution in [3.05, 3.63) is 40.9 Å². The lowest BCUT2D eigenvalue weighted by Gasteiger charge is -2.02. The number of benzene rings is 1. The van der Waals surface area contributed by atoms with Crippen LogP contribution in [0.25, 0.3) is 10.6 Å². The topological polar surface area (TPSA) is 12.9 Å². The smallest absolute Gasteiger partial charge is 0.123 e. The van der Waals surface area contributed by atoms with Gasteiger partial charge in [-0.15, -0.1) is 11.3 Å². The monoisotopic (exact) mass is 189 g/mol. The molecule has 0 radical (unpaired) electrons. The molecule has 0 fully saturated rings. The zero-order chi connectivity index (χ0) is 9.26. The van der Waals surface area contributed by atoms with Gasteiger partial charge in [0, 0.05) is 17.1 Å². The van der Waals surface area contributed by atoms with Gasteiger partial charge in [-0.25, -0.2) is 4.98 Å². The van der Waals surface area contributed by atoms with E-state index in [9.17, 15) is 0 Å². The van der Waals surface area contributed by atoms with Gasteiger partial charge in [0.1, 0.15) is 5.01 Å². The molecule has 0 saturated heterocycles. The van der Waals surface area contributed by atoms with Crippen molar-refractivity contribution in [1.29, 1.82) is 0 Å². The van der Waals surface area contributed by atoms with Crippen molar-refractivity contribution in [3.8, 4) is 10.6 Å². The highest BCUT2D eigenvalue weighted by atomic mass is 32.1. The van der Waals surface area contributed by atoms with Gasteiger partial charge in [0.2, 0.25) is 0 Å². The van der Waals surface area contributed by atoms with E-state index in [0.29, 0.717) is 0 Å². The van der Waals surface area contributed by atoms with Gasteiger partial charge in [0.25, 0.3) is 0 Å². The maximum Gasteiger partial charge on any atom is 0.123 e. The lowest BCUT2D eigenvalue weighted by atomic mass is 10.1. The molecule has 0 unspecified atom stereocenters. The lowest BCUT2D eigenvalue weighted by Crippen LogP contribution is -1.82. The summed E-state index contributed by atoms with van der Waals surface area (Å²) in [6.07, 6.45) is 1.85. The van der Waals surface area contributed by atoms with Crippen LogP contribution in [-0.4, -0.2) is 4.98 Å². The highest BCUT2D eigenvalue weighted by Gasteiger charge is 2.03. The van der Waals surface area contributed by atoms with Crippen LogP contribution in [0.3, 0.4) is 0 Å². The molecule has 0 aliphatic carbocycles. The Labute approximate surface area is 82.1 Å². The van der Waals surface area contributed by atoms with Crippen molar-refractivity contribution in [1.82, 2.24) is 4.98 Å². The van der Waals surface area contributed by atoms with Crippen LogP contribution in [-0.2, 0) is 0 Å². The minimum absolute atomic E-state index is 1.11. The highest BCUT2D eigenvalue weighted by molar-refractivity contribution is 7.13. The predicted molar refractivity (Wildman–Crippen MR) is 57.0 cm³/mol. The standard InChI is InChI=1S/C11H11NS/c1-8-3-4-10(9(2)7-8)11-12-5-6-13-11/h3-7H,1-2H3. The van der Waals surface area contributed by atoms with E-state index in [0.717, 1.165) is 5.01 Å². The molecule has 0 saturated carbocycles. The van der Waals surface area contributed by atoms with E-state index in [1.165, 1.54) is 16.7 Å². The number of aromatic nitrogens is 1. The molecule has 2 aromatic rings. The second kappa shape index (κ2) is 3.30. The molecular formula is C11H11NS. The van der Waals surface area contributed by atoms with Crippen LogP contribution >= 0.6 is 11.3 Å².